The molecule has 32 heavy (non-hydrogen) atoms. The number of ether oxygens (including phenoxy) is 3. The van der Waals surface area contributed by atoms with Gasteiger partial charge >= 0.3 is 19.8 Å². The van der Waals surface area contributed by atoms with Crippen molar-refractivity contribution in [3.8, 4) is 0 Å². The summed E-state index contributed by atoms with van der Waals surface area (Å²) < 4.78 is 35.5. The summed E-state index contributed by atoms with van der Waals surface area (Å²) in [6.45, 7) is -3.16. The molecule has 2 fully saturated rings. The summed E-state index contributed by atoms with van der Waals surface area (Å²) in [6.07, 6.45) is -14.9. The first-order valence-electron chi connectivity index (χ1n) is 8.86. The largest absolute Gasteiger partial charge is 0.530 e. The fourth-order valence-electron chi connectivity index (χ4n) is 2.96. The average molecular weight is 494 g/mol. The molecule has 0 radical (unpaired) electrons. The summed E-state index contributed by atoms with van der Waals surface area (Å²) >= 11 is 0. The molecule has 17 nitrogen and oxygen atoms in total. The highest BCUT2D eigenvalue weighted by Gasteiger charge is 2.59. The molecule has 0 saturated carbocycles. The zero-order valence-corrected chi connectivity index (χ0v) is 16.9. The molecular weight excluding hydrogens is 471 g/mol. The van der Waals surface area contributed by atoms with Gasteiger partial charge in [-0.1, -0.05) is 0 Å². The fourth-order valence-corrected chi connectivity index (χ4v) is 3.64. The highest BCUT2D eigenvalue weighted by atomic mass is 31.2. The van der Waals surface area contributed by atoms with Gasteiger partial charge in [0.05, 0.1) is 13.2 Å². The van der Waals surface area contributed by atoms with Crippen LogP contribution in [0.1, 0.15) is 0 Å². The van der Waals surface area contributed by atoms with Gasteiger partial charge in [-0.25, -0.2) is 14.2 Å². The molecule has 0 bridgehead atoms. The number of carbonyl (C=O) groups excluding carboxylic acids is 1. The van der Waals surface area contributed by atoms with E-state index in [1.807, 2.05) is 0 Å². The molecule has 186 valence electrons. The Labute approximate surface area is 178 Å². The second-order valence-corrected chi connectivity index (χ2v) is 8.21. The van der Waals surface area contributed by atoms with E-state index in [-0.39, 0.29) is 0 Å². The van der Waals surface area contributed by atoms with E-state index in [0.29, 0.717) is 0 Å². The fraction of sp³-hybridized carbons (Fsp3) is 0.857. The molecule has 18 heteroatoms. The van der Waals surface area contributed by atoms with E-state index in [1.54, 1.807) is 0 Å². The summed E-state index contributed by atoms with van der Waals surface area (Å²) in [5.74, 6) is -7.13. The molecule has 0 aromatic rings. The van der Waals surface area contributed by atoms with Gasteiger partial charge in [0.15, 0.2) is 6.29 Å². The van der Waals surface area contributed by atoms with E-state index in [9.17, 15) is 54.8 Å². The van der Waals surface area contributed by atoms with Crippen LogP contribution in [0.3, 0.4) is 0 Å². The minimum absolute atomic E-state index is 0.864. The minimum Gasteiger partial charge on any atom is -0.473 e. The van der Waals surface area contributed by atoms with Gasteiger partial charge in [0.1, 0.15) is 49.3 Å². The van der Waals surface area contributed by atoms with Crippen molar-refractivity contribution < 1.29 is 83.2 Å². The second kappa shape index (κ2) is 10.3. The Morgan fingerprint density at radius 1 is 0.938 bits per heavy atom. The monoisotopic (exact) mass is 494 g/mol. The van der Waals surface area contributed by atoms with Crippen molar-refractivity contribution in [1.82, 2.24) is 0 Å². The number of aliphatic hydroxyl groups is 7. The van der Waals surface area contributed by atoms with E-state index in [2.05, 4.69) is 9.05 Å². The van der Waals surface area contributed by atoms with Gasteiger partial charge < -0.3 is 59.6 Å². The number of aliphatic carboxylic acids is 1. The Balaban J connectivity index is 2.28. The van der Waals surface area contributed by atoms with E-state index >= 15 is 0 Å². The first-order valence-corrected chi connectivity index (χ1v) is 10.4. The van der Waals surface area contributed by atoms with Crippen LogP contribution >= 0.6 is 7.82 Å². The third-order valence-electron chi connectivity index (χ3n) is 4.65. The highest BCUT2D eigenvalue weighted by Crippen LogP contribution is 2.46. The summed E-state index contributed by atoms with van der Waals surface area (Å²) in [6, 6.07) is 0. The highest BCUT2D eigenvalue weighted by molar-refractivity contribution is 7.48. The lowest BCUT2D eigenvalue weighted by Crippen LogP contribution is -2.62. The molecule has 2 aliphatic heterocycles. The summed E-state index contributed by atoms with van der Waals surface area (Å²) in [5, 5.41) is 77.2. The quantitative estimate of drug-likeness (QED) is 0.112. The third kappa shape index (κ3) is 5.60. The maximum absolute atomic E-state index is 11.9. The lowest BCUT2D eigenvalue weighted by molar-refractivity contribution is -0.382. The molecule has 0 aromatic heterocycles. The van der Waals surface area contributed by atoms with E-state index in [1.165, 1.54) is 0 Å². The normalized spacial score (nSPS) is 41.8. The number of aliphatic hydroxyl groups excluding tert-OH is 7. The molecule has 10 atom stereocenters. The van der Waals surface area contributed by atoms with Gasteiger partial charge in [-0.15, -0.1) is 0 Å². The standard InChI is InChI=1S/C14H23O17P/c15-1-4-6(17)8(19)9(20)13(28-4)30-14(10(21)7(18)5(2-16)29-14)3-27-32(25,26)31-12(24)11(22)23/h4-10,13,15-21H,1-3H2,(H,22,23)(H,25,26)/t4-,5-,6-,7-,8+,9-,10+,13-,14+/m1/s1. The molecular formula is C14H23O17P. The maximum Gasteiger partial charge on any atom is 0.530 e. The van der Waals surface area contributed by atoms with Crippen molar-refractivity contribution in [3.05, 3.63) is 0 Å². The molecule has 0 amide bonds. The van der Waals surface area contributed by atoms with E-state index < -0.39 is 94.4 Å². The molecule has 9 N–H and O–H groups in total. The Kier molecular flexibility index (Phi) is 8.68. The number of phosphoric acid groups is 1. The van der Waals surface area contributed by atoms with Crippen LogP contribution in [0.4, 0.5) is 0 Å². The van der Waals surface area contributed by atoms with Crippen LogP contribution in [0.5, 0.6) is 0 Å². The van der Waals surface area contributed by atoms with Gasteiger partial charge in [-0.05, 0) is 0 Å². The third-order valence-corrected chi connectivity index (χ3v) is 5.50. The van der Waals surface area contributed by atoms with Gasteiger partial charge in [0.2, 0.25) is 5.79 Å². The van der Waals surface area contributed by atoms with Crippen molar-refractivity contribution >= 4 is 19.8 Å². The first-order chi connectivity index (χ1) is 14.8. The van der Waals surface area contributed by atoms with E-state index in [0.717, 1.165) is 0 Å². The lowest BCUT2D eigenvalue weighted by atomic mass is 9.99. The zero-order valence-electron chi connectivity index (χ0n) is 16.0. The van der Waals surface area contributed by atoms with Gasteiger partial charge in [0.25, 0.3) is 0 Å². The maximum atomic E-state index is 11.9. The molecule has 2 aliphatic rings. The molecule has 1 unspecified atom stereocenters. The first kappa shape index (κ1) is 26.9. The summed E-state index contributed by atoms with van der Waals surface area (Å²) in [5.41, 5.74) is 0. The van der Waals surface area contributed by atoms with Crippen molar-refractivity contribution in [2.24, 2.45) is 0 Å². The predicted molar refractivity (Wildman–Crippen MR) is 91.1 cm³/mol. The number of carboxylic acids is 1. The van der Waals surface area contributed by atoms with Gasteiger partial charge in [-0.2, -0.15) is 0 Å². The Hall–Kier alpha value is -1.31. The lowest BCUT2D eigenvalue weighted by Gasteiger charge is -2.43. The molecule has 2 heterocycles. The van der Waals surface area contributed by atoms with Crippen LogP contribution in [0.2, 0.25) is 0 Å². The molecule has 0 aliphatic carbocycles. The zero-order chi connectivity index (χ0) is 24.4. The SMILES string of the molecule is O=C(O)C(=O)OP(=O)(O)OC[C@@]1(O[C@H]2O[C@H](CO)[C@@H](O)[C@H](O)[C@H]2O)O[C@H](CO)[C@@H](O)[C@@H]1O. The number of phosphoric ester groups is 1. The predicted octanol–water partition coefficient (Wildman–Crippen LogP) is -5.64. The van der Waals surface area contributed by atoms with Crippen molar-refractivity contribution in [3.63, 3.8) is 0 Å². The Morgan fingerprint density at radius 2 is 1.53 bits per heavy atom. The molecule has 2 saturated heterocycles. The average Bonchev–Trinajstić information content (AvgIpc) is 2.97. The number of hydrogen-bond donors (Lipinski definition) is 9. The summed E-state index contributed by atoms with van der Waals surface area (Å²) in [7, 11) is -5.46. The summed E-state index contributed by atoms with van der Waals surface area (Å²) in [4.78, 5) is 31.0. The Morgan fingerprint density at radius 3 is 2.03 bits per heavy atom. The second-order valence-electron chi connectivity index (χ2n) is 6.83. The van der Waals surface area contributed by atoms with Gasteiger partial charge in [-0.3, -0.25) is 9.42 Å². The van der Waals surface area contributed by atoms with Gasteiger partial charge in [0, 0.05) is 0 Å². The van der Waals surface area contributed by atoms with Crippen LogP contribution in [-0.2, 0) is 37.4 Å². The van der Waals surface area contributed by atoms with Crippen molar-refractivity contribution in [2.75, 3.05) is 19.8 Å². The van der Waals surface area contributed by atoms with Crippen LogP contribution in [0.15, 0.2) is 0 Å². The minimum atomic E-state index is -5.46. The van der Waals surface area contributed by atoms with Crippen LogP contribution in [0, 0.1) is 0 Å². The van der Waals surface area contributed by atoms with Crippen LogP contribution < -0.4 is 0 Å². The number of carbonyl (C=O) groups is 2. The van der Waals surface area contributed by atoms with Crippen molar-refractivity contribution in [2.45, 2.75) is 54.8 Å². The van der Waals surface area contributed by atoms with E-state index in [4.69, 9.17) is 19.3 Å². The topological polar surface area (TPSA) is 279 Å². The molecule has 0 spiro atoms. The molecule has 0 aromatic carbocycles. The Bertz CT molecular complexity index is 730. The smallest absolute Gasteiger partial charge is 0.473 e. The number of carboxylic acid groups (broad SMARTS) is 1. The molecule has 2 rings (SSSR count). The van der Waals surface area contributed by atoms with Crippen molar-refractivity contribution in [1.29, 1.82) is 0 Å². The van der Waals surface area contributed by atoms with Crippen LogP contribution in [0.25, 0.3) is 0 Å². The van der Waals surface area contributed by atoms with Crippen LogP contribution in [-0.4, -0.2) is 132 Å². The number of rotatable bonds is 8. The number of hydrogen-bond acceptors (Lipinski definition) is 15.